The fourth-order valence-electron chi connectivity index (χ4n) is 2.30. The van der Waals surface area contributed by atoms with Crippen LogP contribution in [-0.4, -0.2) is 66.0 Å². The molecule has 0 bridgehead atoms. The molecule has 1 aromatic rings. The molecule has 0 aromatic carbocycles. The van der Waals surface area contributed by atoms with Gasteiger partial charge in [0.2, 0.25) is 0 Å². The number of piperazine rings is 1. The van der Waals surface area contributed by atoms with Gasteiger partial charge >= 0.3 is 5.97 Å². The molecule has 114 valence electrons. The lowest BCUT2D eigenvalue weighted by molar-refractivity contribution is 0.0519. The topological polar surface area (TPSA) is 62.7 Å². The van der Waals surface area contributed by atoms with Crippen LogP contribution in [0.2, 0.25) is 0 Å². The number of likely N-dealkylation sites (N-methyl/N-ethyl adjacent to an activating group) is 1. The zero-order valence-corrected chi connectivity index (χ0v) is 12.5. The first-order valence-corrected chi connectivity index (χ1v) is 7.31. The first kappa shape index (κ1) is 15.4. The lowest BCUT2D eigenvalue weighted by atomic mass is 10.2. The predicted molar refractivity (Wildman–Crippen MR) is 78.2 cm³/mol. The van der Waals surface area contributed by atoms with Crippen LogP contribution in [0.5, 0.6) is 0 Å². The van der Waals surface area contributed by atoms with Crippen molar-refractivity contribution < 1.29 is 14.3 Å². The minimum Gasteiger partial charge on any atom is -0.461 e. The summed E-state index contributed by atoms with van der Waals surface area (Å²) in [6.07, 6.45) is 0. The van der Waals surface area contributed by atoms with Gasteiger partial charge in [-0.15, -0.1) is 0 Å². The van der Waals surface area contributed by atoms with Crippen LogP contribution in [0.15, 0.2) is 18.2 Å². The van der Waals surface area contributed by atoms with Crippen molar-refractivity contribution in [2.75, 3.05) is 39.3 Å². The molecular weight excluding hydrogens is 270 g/mol. The van der Waals surface area contributed by atoms with E-state index in [0.717, 1.165) is 19.6 Å². The summed E-state index contributed by atoms with van der Waals surface area (Å²) in [7, 11) is 0. The van der Waals surface area contributed by atoms with Gasteiger partial charge in [-0.3, -0.25) is 4.79 Å². The maximum atomic E-state index is 12.4. The van der Waals surface area contributed by atoms with Crippen molar-refractivity contribution in [1.29, 1.82) is 0 Å². The highest BCUT2D eigenvalue weighted by Crippen LogP contribution is 2.08. The highest BCUT2D eigenvalue weighted by Gasteiger charge is 2.23. The maximum absolute atomic E-state index is 12.4. The molecule has 0 atom stereocenters. The molecule has 1 saturated heterocycles. The Morgan fingerprint density at radius 1 is 1.14 bits per heavy atom. The van der Waals surface area contributed by atoms with Crippen molar-refractivity contribution in [3.8, 4) is 0 Å². The number of hydrogen-bond donors (Lipinski definition) is 0. The zero-order valence-electron chi connectivity index (χ0n) is 12.5. The maximum Gasteiger partial charge on any atom is 0.356 e. The smallest absolute Gasteiger partial charge is 0.356 e. The van der Waals surface area contributed by atoms with Gasteiger partial charge in [0.05, 0.1) is 6.61 Å². The average molecular weight is 291 g/mol. The van der Waals surface area contributed by atoms with Crippen molar-refractivity contribution in [2.45, 2.75) is 13.8 Å². The van der Waals surface area contributed by atoms with Crippen LogP contribution < -0.4 is 0 Å². The van der Waals surface area contributed by atoms with Crippen LogP contribution in [-0.2, 0) is 4.74 Å². The molecule has 2 heterocycles. The van der Waals surface area contributed by atoms with Gasteiger partial charge < -0.3 is 14.5 Å². The van der Waals surface area contributed by atoms with Crippen LogP contribution >= 0.6 is 0 Å². The number of esters is 1. The van der Waals surface area contributed by atoms with E-state index in [4.69, 9.17) is 4.74 Å². The quantitative estimate of drug-likeness (QED) is 0.776. The normalized spacial score (nSPS) is 15.8. The number of pyridine rings is 1. The molecule has 1 aromatic heterocycles. The molecule has 0 aliphatic carbocycles. The molecule has 1 aliphatic heterocycles. The van der Waals surface area contributed by atoms with Gasteiger partial charge in [0.1, 0.15) is 11.4 Å². The van der Waals surface area contributed by atoms with Crippen LogP contribution in [0.1, 0.15) is 34.8 Å². The van der Waals surface area contributed by atoms with Gasteiger partial charge in [-0.05, 0) is 25.6 Å². The fourth-order valence-corrected chi connectivity index (χ4v) is 2.30. The Morgan fingerprint density at radius 3 is 2.43 bits per heavy atom. The van der Waals surface area contributed by atoms with Crippen LogP contribution in [0, 0.1) is 0 Å². The molecule has 0 unspecified atom stereocenters. The van der Waals surface area contributed by atoms with Gasteiger partial charge in [0.15, 0.2) is 0 Å². The third-order valence-electron chi connectivity index (χ3n) is 3.56. The van der Waals surface area contributed by atoms with E-state index in [-0.39, 0.29) is 18.2 Å². The summed E-state index contributed by atoms with van der Waals surface area (Å²) in [6.45, 7) is 8.27. The predicted octanol–water partition coefficient (Wildman–Crippen LogP) is 1.04. The van der Waals surface area contributed by atoms with Crippen LogP contribution in [0.4, 0.5) is 0 Å². The van der Waals surface area contributed by atoms with Gasteiger partial charge in [0, 0.05) is 26.2 Å². The number of rotatable bonds is 4. The van der Waals surface area contributed by atoms with E-state index >= 15 is 0 Å². The SMILES string of the molecule is CCOC(=O)c1cccc(C(=O)N2CCN(CC)CC2)n1. The van der Waals surface area contributed by atoms with Gasteiger partial charge in [0.25, 0.3) is 5.91 Å². The molecule has 6 heteroatoms. The second-order valence-corrected chi connectivity index (χ2v) is 4.86. The third kappa shape index (κ3) is 3.78. The van der Waals surface area contributed by atoms with Crippen molar-refractivity contribution in [3.63, 3.8) is 0 Å². The molecule has 21 heavy (non-hydrogen) atoms. The summed E-state index contributed by atoms with van der Waals surface area (Å²) in [5.74, 6) is -0.625. The van der Waals surface area contributed by atoms with Crippen molar-refractivity contribution in [2.24, 2.45) is 0 Å². The number of nitrogens with zero attached hydrogens (tertiary/aromatic N) is 3. The van der Waals surface area contributed by atoms with Gasteiger partial charge in [-0.2, -0.15) is 0 Å². The number of hydrogen-bond acceptors (Lipinski definition) is 5. The van der Waals surface area contributed by atoms with E-state index < -0.39 is 5.97 Å². The Morgan fingerprint density at radius 2 is 1.81 bits per heavy atom. The standard InChI is InChI=1S/C15H21N3O3/c1-3-17-8-10-18(11-9-17)14(19)12-6-5-7-13(16-12)15(20)21-4-2/h5-7H,3-4,8-11H2,1-2H3. The fraction of sp³-hybridized carbons (Fsp3) is 0.533. The number of carbonyl (C=O) groups excluding carboxylic acids is 2. The largest absolute Gasteiger partial charge is 0.461 e. The monoisotopic (exact) mass is 291 g/mol. The summed E-state index contributed by atoms with van der Waals surface area (Å²) in [6, 6.07) is 4.86. The molecule has 2 rings (SSSR count). The highest BCUT2D eigenvalue weighted by molar-refractivity contribution is 5.94. The molecule has 1 aliphatic rings. The van der Waals surface area contributed by atoms with Gasteiger partial charge in [-0.25, -0.2) is 9.78 Å². The Labute approximate surface area is 124 Å². The molecule has 0 N–H and O–H groups in total. The van der Waals surface area contributed by atoms with Crippen molar-refractivity contribution >= 4 is 11.9 Å². The molecule has 6 nitrogen and oxygen atoms in total. The Hall–Kier alpha value is -1.95. The summed E-state index contributed by atoms with van der Waals surface area (Å²) < 4.78 is 4.90. The Kier molecular flexibility index (Phi) is 5.27. The molecule has 0 saturated carbocycles. The molecular formula is C15H21N3O3. The van der Waals surface area contributed by atoms with E-state index in [1.807, 2.05) is 0 Å². The summed E-state index contributed by atoms with van der Waals surface area (Å²) >= 11 is 0. The summed E-state index contributed by atoms with van der Waals surface area (Å²) in [5.41, 5.74) is 0.473. The molecule has 0 spiro atoms. The Bertz CT molecular complexity index is 511. The first-order valence-electron chi connectivity index (χ1n) is 7.31. The minimum atomic E-state index is -0.497. The van der Waals surface area contributed by atoms with Crippen molar-refractivity contribution in [1.82, 2.24) is 14.8 Å². The van der Waals surface area contributed by atoms with Gasteiger partial charge in [-0.1, -0.05) is 13.0 Å². The average Bonchev–Trinajstić information content (AvgIpc) is 2.54. The third-order valence-corrected chi connectivity index (χ3v) is 3.56. The Balaban J connectivity index is 2.06. The van der Waals surface area contributed by atoms with E-state index in [1.54, 1.807) is 30.0 Å². The number of ether oxygens (including phenoxy) is 1. The van der Waals surface area contributed by atoms with E-state index in [2.05, 4.69) is 16.8 Å². The van der Waals surface area contributed by atoms with E-state index in [9.17, 15) is 9.59 Å². The number of carbonyl (C=O) groups is 2. The van der Waals surface area contributed by atoms with E-state index in [0.29, 0.717) is 18.8 Å². The van der Waals surface area contributed by atoms with Crippen molar-refractivity contribution in [3.05, 3.63) is 29.6 Å². The first-order chi connectivity index (χ1) is 10.2. The number of aromatic nitrogens is 1. The molecule has 1 fully saturated rings. The molecule has 1 amide bonds. The van der Waals surface area contributed by atoms with Crippen LogP contribution in [0.3, 0.4) is 0 Å². The lowest BCUT2D eigenvalue weighted by Crippen LogP contribution is -2.48. The number of amides is 1. The van der Waals surface area contributed by atoms with Crippen LogP contribution in [0.25, 0.3) is 0 Å². The summed E-state index contributed by atoms with van der Waals surface area (Å²) in [4.78, 5) is 32.3. The minimum absolute atomic E-state index is 0.128. The van der Waals surface area contributed by atoms with E-state index in [1.165, 1.54) is 0 Å². The zero-order chi connectivity index (χ0) is 15.2. The highest BCUT2D eigenvalue weighted by atomic mass is 16.5. The molecule has 0 radical (unpaired) electrons. The second kappa shape index (κ2) is 7.17. The lowest BCUT2D eigenvalue weighted by Gasteiger charge is -2.33. The summed E-state index contributed by atoms with van der Waals surface area (Å²) in [5, 5.41) is 0. The second-order valence-electron chi connectivity index (χ2n) is 4.86.